The van der Waals surface area contributed by atoms with Gasteiger partial charge in [-0.25, -0.2) is 0 Å². The molecule has 1 aliphatic heterocycles. The van der Waals surface area contributed by atoms with Crippen LogP contribution in [0.4, 0.5) is 5.69 Å². The summed E-state index contributed by atoms with van der Waals surface area (Å²) in [5, 5.41) is 2.65. The second-order valence-electron chi connectivity index (χ2n) is 5.33. The number of imide groups is 1. The maximum absolute atomic E-state index is 12.3. The number of benzene rings is 2. The number of fused-ring (bicyclic) bond motifs is 1. The predicted molar refractivity (Wildman–Crippen MR) is 85.8 cm³/mol. The first-order valence-corrected chi connectivity index (χ1v) is 7.06. The lowest BCUT2D eigenvalue weighted by molar-refractivity contribution is 0.0692. The van der Waals surface area contributed by atoms with Crippen molar-refractivity contribution in [3.05, 3.63) is 64.7 Å². The van der Waals surface area contributed by atoms with Gasteiger partial charge in [0, 0.05) is 23.9 Å². The van der Waals surface area contributed by atoms with E-state index in [0.29, 0.717) is 11.3 Å². The number of hydrogen-bond acceptors (Lipinski definition) is 4. The molecule has 0 saturated heterocycles. The van der Waals surface area contributed by atoms with Crippen LogP contribution in [-0.2, 0) is 0 Å². The number of primary amides is 1. The molecule has 0 atom stereocenters. The smallest absolute Gasteiger partial charge is 0.261 e. The maximum atomic E-state index is 12.3. The average molecular weight is 323 g/mol. The van der Waals surface area contributed by atoms with Crippen molar-refractivity contribution in [3.63, 3.8) is 0 Å². The van der Waals surface area contributed by atoms with Crippen LogP contribution >= 0.6 is 0 Å². The van der Waals surface area contributed by atoms with Gasteiger partial charge in [-0.2, -0.15) is 0 Å². The minimum absolute atomic E-state index is 0.208. The summed E-state index contributed by atoms with van der Waals surface area (Å²) in [6.07, 6.45) is 0. The molecular formula is C17H13N3O4. The Balaban J connectivity index is 1.83. The Labute approximate surface area is 137 Å². The second kappa shape index (κ2) is 5.62. The fourth-order valence-electron chi connectivity index (χ4n) is 2.42. The van der Waals surface area contributed by atoms with Gasteiger partial charge in [-0.05, 0) is 42.5 Å². The van der Waals surface area contributed by atoms with Crippen LogP contribution in [0.15, 0.2) is 42.5 Å². The van der Waals surface area contributed by atoms with Crippen molar-refractivity contribution in [2.24, 2.45) is 5.73 Å². The molecule has 0 radical (unpaired) electrons. The fourth-order valence-corrected chi connectivity index (χ4v) is 2.42. The first kappa shape index (κ1) is 15.4. The van der Waals surface area contributed by atoms with Gasteiger partial charge in [-0.15, -0.1) is 0 Å². The van der Waals surface area contributed by atoms with Gasteiger partial charge in [-0.3, -0.25) is 24.1 Å². The maximum Gasteiger partial charge on any atom is 0.261 e. The fraction of sp³-hybridized carbons (Fsp3) is 0.0588. The summed E-state index contributed by atoms with van der Waals surface area (Å²) in [5.41, 5.74) is 6.71. The van der Waals surface area contributed by atoms with E-state index >= 15 is 0 Å². The molecule has 2 aromatic rings. The van der Waals surface area contributed by atoms with E-state index in [1.807, 2.05) is 0 Å². The lowest BCUT2D eigenvalue weighted by Crippen LogP contribution is -2.24. The molecule has 1 aliphatic rings. The third-order valence-electron chi connectivity index (χ3n) is 3.78. The van der Waals surface area contributed by atoms with Gasteiger partial charge in [0.1, 0.15) is 0 Å². The molecule has 0 unspecified atom stereocenters. The molecule has 0 aliphatic carbocycles. The van der Waals surface area contributed by atoms with Gasteiger partial charge in [-0.1, -0.05) is 0 Å². The van der Waals surface area contributed by atoms with Crippen LogP contribution in [0.25, 0.3) is 0 Å². The topological polar surface area (TPSA) is 110 Å². The molecule has 7 heteroatoms. The SMILES string of the molecule is CN1C(=O)c2ccc(C(=O)Nc3ccc(C(N)=O)cc3)cc2C1=O. The number of rotatable bonds is 3. The van der Waals surface area contributed by atoms with Crippen LogP contribution in [0.1, 0.15) is 41.4 Å². The molecule has 3 rings (SSSR count). The molecule has 0 saturated carbocycles. The second-order valence-corrected chi connectivity index (χ2v) is 5.33. The summed E-state index contributed by atoms with van der Waals surface area (Å²) in [5.74, 6) is -1.81. The Morgan fingerprint density at radius 1 is 0.917 bits per heavy atom. The highest BCUT2D eigenvalue weighted by molar-refractivity contribution is 6.22. The first-order chi connectivity index (χ1) is 11.4. The monoisotopic (exact) mass is 323 g/mol. The Bertz CT molecular complexity index is 887. The standard InChI is InChI=1S/C17H13N3O4/c1-20-16(23)12-7-4-10(8-13(12)17(20)24)15(22)19-11-5-2-9(3-6-11)14(18)21/h2-8H,1H3,(H2,18,21)(H,19,22). The number of hydrogen-bond donors (Lipinski definition) is 2. The average Bonchev–Trinajstić information content (AvgIpc) is 2.79. The molecule has 0 bridgehead atoms. The zero-order chi connectivity index (χ0) is 17.4. The van der Waals surface area contributed by atoms with Gasteiger partial charge in [0.2, 0.25) is 5.91 Å². The van der Waals surface area contributed by atoms with E-state index in [4.69, 9.17) is 5.73 Å². The van der Waals surface area contributed by atoms with Crippen molar-refractivity contribution in [1.82, 2.24) is 4.90 Å². The Hall–Kier alpha value is -3.48. The summed E-state index contributed by atoms with van der Waals surface area (Å²) in [6.45, 7) is 0. The van der Waals surface area contributed by atoms with Gasteiger partial charge in [0.05, 0.1) is 11.1 Å². The van der Waals surface area contributed by atoms with Crippen LogP contribution in [0.3, 0.4) is 0 Å². The molecular weight excluding hydrogens is 310 g/mol. The van der Waals surface area contributed by atoms with Crippen molar-refractivity contribution in [2.45, 2.75) is 0 Å². The van der Waals surface area contributed by atoms with Crippen LogP contribution < -0.4 is 11.1 Å². The van der Waals surface area contributed by atoms with Crippen LogP contribution in [-0.4, -0.2) is 35.6 Å². The predicted octanol–water partition coefficient (Wildman–Crippen LogP) is 1.26. The van der Waals surface area contributed by atoms with Crippen LogP contribution in [0, 0.1) is 0 Å². The number of amides is 4. The van der Waals surface area contributed by atoms with E-state index in [9.17, 15) is 19.2 Å². The summed E-state index contributed by atoms with van der Waals surface area (Å²) in [4.78, 5) is 48.1. The number of nitrogens with one attached hydrogen (secondary N) is 1. The summed E-state index contributed by atoms with van der Waals surface area (Å²) in [6, 6.07) is 10.4. The highest BCUT2D eigenvalue weighted by Gasteiger charge is 2.33. The molecule has 1 heterocycles. The summed E-state index contributed by atoms with van der Waals surface area (Å²) >= 11 is 0. The number of nitrogens with zero attached hydrogens (tertiary/aromatic N) is 1. The number of nitrogens with two attached hydrogens (primary N) is 1. The highest BCUT2D eigenvalue weighted by Crippen LogP contribution is 2.23. The van der Waals surface area contributed by atoms with Gasteiger partial charge >= 0.3 is 0 Å². The van der Waals surface area contributed by atoms with Crippen molar-refractivity contribution < 1.29 is 19.2 Å². The molecule has 4 amide bonds. The minimum atomic E-state index is -0.557. The highest BCUT2D eigenvalue weighted by atomic mass is 16.2. The first-order valence-electron chi connectivity index (χ1n) is 7.06. The minimum Gasteiger partial charge on any atom is -0.366 e. The molecule has 0 aromatic heterocycles. The molecule has 7 nitrogen and oxygen atoms in total. The van der Waals surface area contributed by atoms with Crippen molar-refractivity contribution in [3.8, 4) is 0 Å². The van der Waals surface area contributed by atoms with E-state index in [0.717, 1.165) is 4.90 Å². The van der Waals surface area contributed by atoms with E-state index in [1.165, 1.54) is 37.4 Å². The van der Waals surface area contributed by atoms with Gasteiger partial charge in [0.25, 0.3) is 17.7 Å². The number of carbonyl (C=O) groups is 4. The largest absolute Gasteiger partial charge is 0.366 e. The number of carbonyl (C=O) groups excluding carboxylic acids is 4. The quantitative estimate of drug-likeness (QED) is 0.829. The lowest BCUT2D eigenvalue weighted by atomic mass is 10.1. The summed E-state index contributed by atoms with van der Waals surface area (Å²) in [7, 11) is 1.39. The molecule has 0 fully saturated rings. The van der Waals surface area contributed by atoms with Crippen LogP contribution in [0.2, 0.25) is 0 Å². The third kappa shape index (κ3) is 2.52. The lowest BCUT2D eigenvalue weighted by Gasteiger charge is -2.06. The van der Waals surface area contributed by atoms with E-state index in [1.54, 1.807) is 12.1 Å². The van der Waals surface area contributed by atoms with Crippen LogP contribution in [0.5, 0.6) is 0 Å². The molecule has 24 heavy (non-hydrogen) atoms. The van der Waals surface area contributed by atoms with Crippen molar-refractivity contribution in [2.75, 3.05) is 12.4 Å². The Morgan fingerprint density at radius 3 is 2.12 bits per heavy atom. The third-order valence-corrected chi connectivity index (χ3v) is 3.78. The van der Waals surface area contributed by atoms with Gasteiger partial charge in [0.15, 0.2) is 0 Å². The van der Waals surface area contributed by atoms with E-state index < -0.39 is 17.7 Å². The molecule has 3 N–H and O–H groups in total. The van der Waals surface area contributed by atoms with Gasteiger partial charge < -0.3 is 11.1 Å². The van der Waals surface area contributed by atoms with E-state index in [-0.39, 0.29) is 22.6 Å². The zero-order valence-corrected chi connectivity index (χ0v) is 12.7. The number of anilines is 1. The Morgan fingerprint density at radius 2 is 1.50 bits per heavy atom. The van der Waals surface area contributed by atoms with E-state index in [2.05, 4.69) is 5.32 Å². The summed E-state index contributed by atoms with van der Waals surface area (Å²) < 4.78 is 0. The van der Waals surface area contributed by atoms with Crippen molar-refractivity contribution in [1.29, 1.82) is 0 Å². The molecule has 0 spiro atoms. The van der Waals surface area contributed by atoms with Crippen molar-refractivity contribution >= 4 is 29.3 Å². The molecule has 120 valence electrons. The normalized spacial score (nSPS) is 13.0. The molecule has 2 aromatic carbocycles. The Kier molecular flexibility index (Phi) is 3.61. The zero-order valence-electron chi connectivity index (χ0n) is 12.7.